The fourth-order valence-electron chi connectivity index (χ4n) is 7.48. The van der Waals surface area contributed by atoms with E-state index in [0.29, 0.717) is 35.8 Å². The van der Waals surface area contributed by atoms with Crippen LogP contribution in [0.5, 0.6) is 0 Å². The van der Waals surface area contributed by atoms with E-state index in [1.165, 1.54) is 19.3 Å². The third-order valence-corrected chi connectivity index (χ3v) is 8.61. The van der Waals surface area contributed by atoms with Gasteiger partial charge in [0, 0.05) is 23.9 Å². The average Bonchev–Trinajstić information content (AvgIpc) is 3.20. The van der Waals surface area contributed by atoms with E-state index in [2.05, 4.69) is 18.7 Å². The third-order valence-electron chi connectivity index (χ3n) is 8.61. The standard InChI is InChI=1S/C22H33NO4/c1-4-13-14-7-5-6-8-23-16(17-9-11(2)21(24)26-17)10-15(19(14)23)18-12(3)22(25)27-20(13)18/h11-20H,4-10H2,1-3H3/t11-,12-,13-,14-,15+,16-,17-,18+,19+,20+/m0/s1. The molecule has 5 aliphatic rings. The number of fused-ring (bicyclic) bond motifs is 2. The van der Waals surface area contributed by atoms with E-state index in [1.807, 2.05) is 6.92 Å². The molecule has 0 amide bonds. The Morgan fingerprint density at radius 1 is 1.04 bits per heavy atom. The summed E-state index contributed by atoms with van der Waals surface area (Å²) < 4.78 is 11.8. The van der Waals surface area contributed by atoms with E-state index in [0.717, 1.165) is 25.8 Å². The lowest BCUT2D eigenvalue weighted by atomic mass is 9.60. The topological polar surface area (TPSA) is 55.8 Å². The first-order valence-corrected chi connectivity index (χ1v) is 11.2. The molecule has 0 bridgehead atoms. The van der Waals surface area contributed by atoms with Crippen LogP contribution in [0, 0.1) is 35.5 Å². The number of nitrogens with zero attached hydrogens (tertiary/aromatic N) is 1. The summed E-state index contributed by atoms with van der Waals surface area (Å²) in [5, 5.41) is 0. The number of carbonyl (C=O) groups is 2. The molecule has 4 saturated heterocycles. The predicted molar refractivity (Wildman–Crippen MR) is 99.7 cm³/mol. The number of hydrogen-bond acceptors (Lipinski definition) is 5. The van der Waals surface area contributed by atoms with Gasteiger partial charge >= 0.3 is 11.9 Å². The van der Waals surface area contributed by atoms with Crippen LogP contribution in [0.1, 0.15) is 59.3 Å². The van der Waals surface area contributed by atoms with Crippen molar-refractivity contribution in [2.24, 2.45) is 35.5 Å². The number of ether oxygens (including phenoxy) is 2. The molecule has 0 unspecified atom stereocenters. The van der Waals surface area contributed by atoms with Crippen LogP contribution in [0.25, 0.3) is 0 Å². The van der Waals surface area contributed by atoms with Crippen LogP contribution in [-0.2, 0) is 19.1 Å². The molecular weight excluding hydrogens is 342 g/mol. The van der Waals surface area contributed by atoms with Gasteiger partial charge in [-0.3, -0.25) is 14.5 Å². The minimum Gasteiger partial charge on any atom is -0.462 e. The first-order valence-electron chi connectivity index (χ1n) is 11.2. The van der Waals surface area contributed by atoms with Crippen LogP contribution >= 0.6 is 0 Å². The molecule has 4 aliphatic heterocycles. The zero-order valence-electron chi connectivity index (χ0n) is 16.8. The van der Waals surface area contributed by atoms with Gasteiger partial charge in [0.1, 0.15) is 12.2 Å². The average molecular weight is 376 g/mol. The van der Waals surface area contributed by atoms with E-state index in [9.17, 15) is 9.59 Å². The van der Waals surface area contributed by atoms with Gasteiger partial charge in [-0.15, -0.1) is 0 Å². The monoisotopic (exact) mass is 375 g/mol. The molecule has 5 fully saturated rings. The Labute approximate surface area is 162 Å². The summed E-state index contributed by atoms with van der Waals surface area (Å²) in [6.07, 6.45) is 6.87. The van der Waals surface area contributed by atoms with Gasteiger partial charge < -0.3 is 9.47 Å². The van der Waals surface area contributed by atoms with Crippen molar-refractivity contribution in [2.45, 2.75) is 83.6 Å². The molecule has 150 valence electrons. The smallest absolute Gasteiger partial charge is 0.309 e. The molecule has 0 radical (unpaired) electrons. The highest BCUT2D eigenvalue weighted by Crippen LogP contribution is 2.57. The predicted octanol–water partition coefficient (Wildman–Crippen LogP) is 3.01. The van der Waals surface area contributed by atoms with Crippen molar-refractivity contribution >= 4 is 11.9 Å². The van der Waals surface area contributed by atoms with E-state index >= 15 is 0 Å². The quantitative estimate of drug-likeness (QED) is 0.695. The molecule has 0 N–H and O–H groups in total. The van der Waals surface area contributed by atoms with Crippen molar-refractivity contribution in [1.29, 1.82) is 0 Å². The second-order valence-corrected chi connectivity index (χ2v) is 9.81. The molecule has 1 aliphatic carbocycles. The molecule has 4 heterocycles. The highest BCUT2D eigenvalue weighted by Gasteiger charge is 2.63. The Balaban J connectivity index is 1.51. The maximum Gasteiger partial charge on any atom is 0.309 e. The highest BCUT2D eigenvalue weighted by atomic mass is 16.6. The van der Waals surface area contributed by atoms with E-state index < -0.39 is 0 Å². The van der Waals surface area contributed by atoms with Crippen LogP contribution < -0.4 is 0 Å². The van der Waals surface area contributed by atoms with E-state index in [-0.39, 0.29) is 36.0 Å². The molecule has 1 saturated carbocycles. The Morgan fingerprint density at radius 2 is 1.85 bits per heavy atom. The third kappa shape index (κ3) is 2.53. The lowest BCUT2D eigenvalue weighted by Gasteiger charge is -2.48. The van der Waals surface area contributed by atoms with Gasteiger partial charge in [0.25, 0.3) is 0 Å². The van der Waals surface area contributed by atoms with E-state index in [1.54, 1.807) is 0 Å². The summed E-state index contributed by atoms with van der Waals surface area (Å²) in [6, 6.07) is 0.865. The largest absolute Gasteiger partial charge is 0.462 e. The van der Waals surface area contributed by atoms with Crippen molar-refractivity contribution in [3.05, 3.63) is 0 Å². The number of rotatable bonds is 2. The van der Waals surface area contributed by atoms with Crippen LogP contribution in [0.3, 0.4) is 0 Å². The Morgan fingerprint density at radius 3 is 2.56 bits per heavy atom. The molecule has 5 nitrogen and oxygen atoms in total. The summed E-state index contributed by atoms with van der Waals surface area (Å²) >= 11 is 0. The minimum atomic E-state index is -0.0294. The van der Waals surface area contributed by atoms with Gasteiger partial charge in [-0.25, -0.2) is 0 Å². The molecule has 0 spiro atoms. The molecule has 5 heteroatoms. The van der Waals surface area contributed by atoms with Crippen LogP contribution in [0.4, 0.5) is 0 Å². The molecule has 10 atom stereocenters. The highest BCUT2D eigenvalue weighted by molar-refractivity contribution is 5.75. The van der Waals surface area contributed by atoms with Gasteiger partial charge in [-0.2, -0.15) is 0 Å². The maximum atomic E-state index is 12.5. The van der Waals surface area contributed by atoms with E-state index in [4.69, 9.17) is 9.47 Å². The lowest BCUT2D eigenvalue weighted by molar-refractivity contribution is -0.148. The Kier molecular flexibility index (Phi) is 4.30. The number of carbonyl (C=O) groups excluding carboxylic acids is 2. The lowest BCUT2D eigenvalue weighted by Crippen LogP contribution is -2.54. The van der Waals surface area contributed by atoms with Crippen LogP contribution in [-0.4, -0.2) is 47.7 Å². The number of cyclic esters (lactones) is 1. The number of hydrogen-bond donors (Lipinski definition) is 0. The van der Waals surface area contributed by atoms with Gasteiger partial charge in [0.05, 0.1) is 11.8 Å². The van der Waals surface area contributed by atoms with Gasteiger partial charge in [0.15, 0.2) is 0 Å². The SMILES string of the molecule is CC[C@H]1[C@@H]2CCCCN3[C@H]2[C@H](C[C@H]3[C@@H]2C[C@H](C)C(=O)O2)[C@@H]2[C@@H]1OC(=O)[C@H]2C. The molecule has 27 heavy (non-hydrogen) atoms. The number of esters is 2. The summed E-state index contributed by atoms with van der Waals surface area (Å²) in [5.74, 6) is 1.94. The molecule has 0 aromatic rings. The zero-order chi connectivity index (χ0) is 18.9. The molecule has 5 rings (SSSR count). The molecular formula is C22H33NO4. The summed E-state index contributed by atoms with van der Waals surface area (Å²) in [7, 11) is 0. The van der Waals surface area contributed by atoms with Crippen molar-refractivity contribution in [2.75, 3.05) is 6.54 Å². The Hall–Kier alpha value is -1.10. The first kappa shape index (κ1) is 18.0. The molecule has 0 aromatic heterocycles. The van der Waals surface area contributed by atoms with Crippen molar-refractivity contribution in [3.8, 4) is 0 Å². The Bertz CT molecular complexity index is 636. The zero-order valence-corrected chi connectivity index (χ0v) is 16.8. The van der Waals surface area contributed by atoms with Crippen LogP contribution in [0.2, 0.25) is 0 Å². The van der Waals surface area contributed by atoms with Crippen LogP contribution in [0.15, 0.2) is 0 Å². The first-order chi connectivity index (χ1) is 13.0. The summed E-state index contributed by atoms with van der Waals surface area (Å²) in [6.45, 7) is 7.44. The van der Waals surface area contributed by atoms with Crippen molar-refractivity contribution < 1.29 is 19.1 Å². The minimum absolute atomic E-state index is 0.00362. The van der Waals surface area contributed by atoms with Gasteiger partial charge in [-0.05, 0) is 50.5 Å². The van der Waals surface area contributed by atoms with Gasteiger partial charge in [-0.1, -0.05) is 27.2 Å². The van der Waals surface area contributed by atoms with Crippen molar-refractivity contribution in [1.82, 2.24) is 4.90 Å². The second kappa shape index (κ2) is 6.47. The maximum absolute atomic E-state index is 12.5. The second-order valence-electron chi connectivity index (χ2n) is 9.81. The summed E-state index contributed by atoms with van der Waals surface area (Å²) in [5.41, 5.74) is 0. The fourth-order valence-corrected chi connectivity index (χ4v) is 7.48. The van der Waals surface area contributed by atoms with Crippen molar-refractivity contribution in [3.63, 3.8) is 0 Å². The summed E-state index contributed by atoms with van der Waals surface area (Å²) in [4.78, 5) is 27.3. The molecule has 0 aromatic carbocycles. The normalized spacial score (nSPS) is 52.1. The van der Waals surface area contributed by atoms with Gasteiger partial charge in [0.2, 0.25) is 0 Å². The fraction of sp³-hybridized carbons (Fsp3) is 0.909.